The van der Waals surface area contributed by atoms with Crippen LogP contribution in [0.25, 0.3) is 0 Å². The maximum Gasteiger partial charge on any atom is 0.514 e. The summed E-state index contributed by atoms with van der Waals surface area (Å²) in [6, 6.07) is 7.34. The summed E-state index contributed by atoms with van der Waals surface area (Å²) in [6.07, 6.45) is 3.67. The van der Waals surface area contributed by atoms with Gasteiger partial charge < -0.3 is 9.47 Å². The predicted molar refractivity (Wildman–Crippen MR) is 60.5 cm³/mol. The number of rotatable bonds is 2. The molecule has 0 N–H and O–H groups in total. The van der Waals surface area contributed by atoms with Crippen LogP contribution in [0.3, 0.4) is 0 Å². The zero-order chi connectivity index (χ0) is 11.4. The van der Waals surface area contributed by atoms with Crippen LogP contribution in [-0.2, 0) is 4.74 Å². The van der Waals surface area contributed by atoms with Crippen LogP contribution < -0.4 is 4.74 Å². The first-order chi connectivity index (χ1) is 7.74. The average molecular weight is 220 g/mol. The Morgan fingerprint density at radius 3 is 2.44 bits per heavy atom. The lowest BCUT2D eigenvalue weighted by molar-refractivity contribution is 0.0612. The van der Waals surface area contributed by atoms with Gasteiger partial charge in [0, 0.05) is 0 Å². The van der Waals surface area contributed by atoms with Gasteiger partial charge in [0.1, 0.15) is 11.9 Å². The molecule has 86 valence electrons. The van der Waals surface area contributed by atoms with E-state index in [1.165, 1.54) is 0 Å². The zero-order valence-electron chi connectivity index (χ0n) is 9.44. The Hall–Kier alpha value is -1.51. The monoisotopic (exact) mass is 220 g/mol. The fourth-order valence-corrected chi connectivity index (χ4v) is 1.87. The summed E-state index contributed by atoms with van der Waals surface area (Å²) in [4.78, 5) is 11.4. The molecule has 0 bridgehead atoms. The molecule has 16 heavy (non-hydrogen) atoms. The van der Waals surface area contributed by atoms with E-state index in [4.69, 9.17) is 9.47 Å². The molecule has 0 atom stereocenters. The second kappa shape index (κ2) is 5.01. The van der Waals surface area contributed by atoms with E-state index in [2.05, 4.69) is 0 Å². The zero-order valence-corrected chi connectivity index (χ0v) is 9.44. The summed E-state index contributed by atoms with van der Waals surface area (Å²) in [7, 11) is 0. The highest BCUT2D eigenvalue weighted by Crippen LogP contribution is 2.22. The molecule has 0 radical (unpaired) electrons. The first-order valence-corrected chi connectivity index (χ1v) is 5.69. The largest absolute Gasteiger partial charge is 0.514 e. The topological polar surface area (TPSA) is 35.5 Å². The summed E-state index contributed by atoms with van der Waals surface area (Å²) in [5.74, 6) is 0.536. The minimum atomic E-state index is -0.587. The molecule has 1 saturated carbocycles. The van der Waals surface area contributed by atoms with Crippen molar-refractivity contribution in [2.75, 3.05) is 0 Å². The van der Waals surface area contributed by atoms with Gasteiger partial charge in [-0.2, -0.15) is 0 Å². The maximum atomic E-state index is 11.4. The second-order valence-corrected chi connectivity index (χ2v) is 4.19. The summed E-state index contributed by atoms with van der Waals surface area (Å²) in [5.41, 5.74) is 1.14. The quantitative estimate of drug-likeness (QED) is 0.565. The van der Waals surface area contributed by atoms with Gasteiger partial charge in [0.05, 0.1) is 0 Å². The second-order valence-electron chi connectivity index (χ2n) is 4.19. The molecular weight excluding hydrogens is 204 g/mol. The molecule has 1 aromatic carbocycles. The van der Waals surface area contributed by atoms with Gasteiger partial charge in [-0.25, -0.2) is 4.79 Å². The van der Waals surface area contributed by atoms with E-state index in [0.29, 0.717) is 5.75 Å². The van der Waals surface area contributed by atoms with Gasteiger partial charge >= 0.3 is 6.16 Å². The van der Waals surface area contributed by atoms with Crippen LogP contribution in [0.1, 0.15) is 31.2 Å². The van der Waals surface area contributed by atoms with Gasteiger partial charge in [0.15, 0.2) is 0 Å². The number of benzene rings is 1. The third-order valence-corrected chi connectivity index (χ3v) is 2.79. The molecule has 0 saturated heterocycles. The lowest BCUT2D eigenvalue weighted by Crippen LogP contribution is -2.18. The standard InChI is InChI=1S/C13H16O3/c1-10-6-8-12(9-7-10)16-13(14)15-11-4-2-3-5-11/h6-9,11H,2-5H2,1H3. The Kier molecular flexibility index (Phi) is 3.44. The molecule has 1 aliphatic carbocycles. The molecule has 0 unspecified atom stereocenters. The van der Waals surface area contributed by atoms with Crippen molar-refractivity contribution in [3.05, 3.63) is 29.8 Å². The highest BCUT2D eigenvalue weighted by atomic mass is 16.7. The SMILES string of the molecule is Cc1ccc(OC(=O)OC2CCCC2)cc1. The van der Waals surface area contributed by atoms with E-state index < -0.39 is 6.16 Å². The van der Waals surface area contributed by atoms with Crippen LogP contribution in [-0.4, -0.2) is 12.3 Å². The highest BCUT2D eigenvalue weighted by molar-refractivity contribution is 5.64. The smallest absolute Gasteiger partial charge is 0.431 e. The van der Waals surface area contributed by atoms with E-state index in [0.717, 1.165) is 31.2 Å². The van der Waals surface area contributed by atoms with Crippen molar-refractivity contribution in [3.63, 3.8) is 0 Å². The highest BCUT2D eigenvalue weighted by Gasteiger charge is 2.20. The number of aryl methyl sites for hydroxylation is 1. The predicted octanol–water partition coefficient (Wildman–Crippen LogP) is 3.45. The van der Waals surface area contributed by atoms with E-state index in [1.54, 1.807) is 12.1 Å². The van der Waals surface area contributed by atoms with Gasteiger partial charge in [-0.3, -0.25) is 0 Å². The van der Waals surface area contributed by atoms with E-state index in [-0.39, 0.29) is 6.10 Å². The van der Waals surface area contributed by atoms with Crippen molar-refractivity contribution in [1.82, 2.24) is 0 Å². The normalized spacial score (nSPS) is 16.1. The Bertz CT molecular complexity index is 350. The molecule has 0 heterocycles. The van der Waals surface area contributed by atoms with Crippen LogP contribution in [0.5, 0.6) is 5.75 Å². The molecule has 0 aromatic heterocycles. The van der Waals surface area contributed by atoms with Crippen LogP contribution in [0.15, 0.2) is 24.3 Å². The molecule has 1 aromatic rings. The Labute approximate surface area is 95.4 Å². The Morgan fingerprint density at radius 2 is 1.81 bits per heavy atom. The minimum Gasteiger partial charge on any atom is -0.431 e. The Balaban J connectivity index is 1.84. The summed E-state index contributed by atoms with van der Waals surface area (Å²) >= 11 is 0. The van der Waals surface area contributed by atoms with Crippen molar-refractivity contribution in [2.24, 2.45) is 0 Å². The van der Waals surface area contributed by atoms with Crippen LogP contribution in [0.2, 0.25) is 0 Å². The minimum absolute atomic E-state index is 0.0537. The lowest BCUT2D eigenvalue weighted by Gasteiger charge is -2.10. The Morgan fingerprint density at radius 1 is 1.19 bits per heavy atom. The summed E-state index contributed by atoms with van der Waals surface area (Å²) in [6.45, 7) is 1.99. The summed E-state index contributed by atoms with van der Waals surface area (Å²) in [5, 5.41) is 0. The first kappa shape index (κ1) is 11.0. The molecule has 1 fully saturated rings. The molecule has 0 spiro atoms. The summed E-state index contributed by atoms with van der Waals surface area (Å²) < 4.78 is 10.3. The van der Waals surface area contributed by atoms with Crippen LogP contribution in [0.4, 0.5) is 4.79 Å². The van der Waals surface area contributed by atoms with Crippen molar-refractivity contribution in [2.45, 2.75) is 38.7 Å². The van der Waals surface area contributed by atoms with E-state index >= 15 is 0 Å². The number of hydrogen-bond acceptors (Lipinski definition) is 3. The molecule has 0 amide bonds. The molecule has 3 heteroatoms. The fraction of sp³-hybridized carbons (Fsp3) is 0.462. The number of carbonyl (C=O) groups excluding carboxylic acids is 1. The van der Waals surface area contributed by atoms with Gasteiger partial charge in [0.2, 0.25) is 0 Å². The molecule has 2 rings (SSSR count). The molecular formula is C13H16O3. The third kappa shape index (κ3) is 2.99. The lowest BCUT2D eigenvalue weighted by atomic mass is 10.2. The van der Waals surface area contributed by atoms with Gasteiger partial charge in [-0.15, -0.1) is 0 Å². The van der Waals surface area contributed by atoms with Gasteiger partial charge in [-0.05, 0) is 44.7 Å². The third-order valence-electron chi connectivity index (χ3n) is 2.79. The van der Waals surface area contributed by atoms with Crippen molar-refractivity contribution in [3.8, 4) is 5.75 Å². The molecule has 1 aliphatic rings. The fourth-order valence-electron chi connectivity index (χ4n) is 1.87. The number of hydrogen-bond donors (Lipinski definition) is 0. The van der Waals surface area contributed by atoms with E-state index in [1.807, 2.05) is 19.1 Å². The van der Waals surface area contributed by atoms with Gasteiger partial charge in [-0.1, -0.05) is 17.7 Å². The molecule has 0 aliphatic heterocycles. The first-order valence-electron chi connectivity index (χ1n) is 5.69. The van der Waals surface area contributed by atoms with Gasteiger partial charge in [0.25, 0.3) is 0 Å². The average Bonchev–Trinajstić information content (AvgIpc) is 2.74. The van der Waals surface area contributed by atoms with Crippen LogP contribution >= 0.6 is 0 Å². The van der Waals surface area contributed by atoms with Crippen molar-refractivity contribution < 1.29 is 14.3 Å². The maximum absolute atomic E-state index is 11.4. The molecule has 3 nitrogen and oxygen atoms in total. The van der Waals surface area contributed by atoms with Crippen LogP contribution in [0, 0.1) is 6.92 Å². The van der Waals surface area contributed by atoms with Crippen molar-refractivity contribution in [1.29, 1.82) is 0 Å². The number of carbonyl (C=O) groups is 1. The van der Waals surface area contributed by atoms with E-state index in [9.17, 15) is 4.79 Å². The number of ether oxygens (including phenoxy) is 2. The van der Waals surface area contributed by atoms with Crippen molar-refractivity contribution >= 4 is 6.16 Å².